The quantitative estimate of drug-likeness (QED) is 0.548. The van der Waals surface area contributed by atoms with Crippen LogP contribution < -0.4 is 0 Å². The van der Waals surface area contributed by atoms with Gasteiger partial charge in [0, 0.05) is 4.47 Å². The van der Waals surface area contributed by atoms with Crippen LogP contribution in [-0.4, -0.2) is 0 Å². The van der Waals surface area contributed by atoms with Gasteiger partial charge in [0.05, 0.1) is 0 Å². The minimum atomic E-state index is 1.10. The lowest BCUT2D eigenvalue weighted by Crippen LogP contribution is -1.94. The van der Waals surface area contributed by atoms with Gasteiger partial charge < -0.3 is 0 Å². The molecule has 1 aliphatic carbocycles. The Kier molecular flexibility index (Phi) is 5.49. The number of hydrogen-bond donors (Lipinski definition) is 0. The molecule has 1 aliphatic rings. The maximum Gasteiger partial charge on any atom is 0.0216 e. The molecule has 0 nitrogen and oxygen atoms in total. The molecule has 0 aliphatic heterocycles. The molecule has 0 amide bonds. The number of aryl methyl sites for hydroxylation is 1. The molecule has 0 spiro atoms. The Hall–Kier alpha value is -0.560. The van der Waals surface area contributed by atoms with Gasteiger partial charge >= 0.3 is 0 Å². The lowest BCUT2D eigenvalue weighted by atomic mass is 9.98. The van der Waals surface area contributed by atoms with Crippen LogP contribution in [0.25, 0.3) is 6.08 Å². The number of benzene rings is 1. The van der Waals surface area contributed by atoms with Gasteiger partial charge in [-0.2, -0.15) is 0 Å². The lowest BCUT2D eigenvalue weighted by molar-refractivity contribution is 0.607. The molecule has 98 valence electrons. The van der Waals surface area contributed by atoms with Crippen LogP contribution in [0.15, 0.2) is 22.7 Å². The smallest absolute Gasteiger partial charge is 0.0216 e. The van der Waals surface area contributed by atoms with Gasteiger partial charge in [0.1, 0.15) is 0 Å². The van der Waals surface area contributed by atoms with Crippen LogP contribution in [0.2, 0.25) is 0 Å². The van der Waals surface area contributed by atoms with Crippen molar-refractivity contribution < 1.29 is 0 Å². The van der Waals surface area contributed by atoms with Crippen LogP contribution in [0.1, 0.15) is 62.1 Å². The fourth-order valence-corrected chi connectivity index (χ4v) is 3.22. The Morgan fingerprint density at radius 1 is 1.06 bits per heavy atom. The van der Waals surface area contributed by atoms with Crippen molar-refractivity contribution in [3.8, 4) is 0 Å². The van der Waals surface area contributed by atoms with E-state index in [9.17, 15) is 0 Å². The normalized spacial score (nSPS) is 13.0. The van der Waals surface area contributed by atoms with Crippen molar-refractivity contribution in [2.45, 2.75) is 58.3 Å². The summed E-state index contributed by atoms with van der Waals surface area (Å²) in [7, 11) is 0. The van der Waals surface area contributed by atoms with Crippen LogP contribution in [0.5, 0.6) is 0 Å². The predicted molar refractivity (Wildman–Crippen MR) is 84.0 cm³/mol. The SMILES string of the molecule is CCCCCCCCc1ccc(Br)c2c1C=CC2. The first-order valence-electron chi connectivity index (χ1n) is 7.29. The number of fused-ring (bicyclic) bond motifs is 1. The molecular formula is C17H23Br. The molecule has 0 heterocycles. The summed E-state index contributed by atoms with van der Waals surface area (Å²) in [5.74, 6) is 0. The molecule has 1 aromatic rings. The number of allylic oxidation sites excluding steroid dienone is 1. The van der Waals surface area contributed by atoms with Gasteiger partial charge in [-0.3, -0.25) is 0 Å². The summed E-state index contributed by atoms with van der Waals surface area (Å²) in [4.78, 5) is 0. The Morgan fingerprint density at radius 2 is 1.83 bits per heavy atom. The molecule has 0 atom stereocenters. The third kappa shape index (κ3) is 3.47. The number of halogens is 1. The Morgan fingerprint density at radius 3 is 2.67 bits per heavy atom. The molecule has 0 bridgehead atoms. The minimum Gasteiger partial charge on any atom is -0.0795 e. The maximum atomic E-state index is 3.65. The van der Waals surface area contributed by atoms with Gasteiger partial charge in [0.25, 0.3) is 0 Å². The molecule has 0 N–H and O–H groups in total. The second-order valence-corrected chi connectivity index (χ2v) is 6.08. The average Bonchev–Trinajstić information content (AvgIpc) is 2.86. The van der Waals surface area contributed by atoms with Gasteiger partial charge in [-0.15, -0.1) is 0 Å². The molecule has 1 heteroatoms. The summed E-state index contributed by atoms with van der Waals surface area (Å²) in [5.41, 5.74) is 4.51. The fourth-order valence-electron chi connectivity index (χ4n) is 2.71. The average molecular weight is 307 g/mol. The lowest BCUT2D eigenvalue weighted by Gasteiger charge is -2.09. The molecule has 0 aromatic heterocycles. The molecular weight excluding hydrogens is 284 g/mol. The number of hydrogen-bond acceptors (Lipinski definition) is 0. The van der Waals surface area contributed by atoms with E-state index in [-0.39, 0.29) is 0 Å². The molecule has 0 saturated carbocycles. The molecule has 0 unspecified atom stereocenters. The van der Waals surface area contributed by atoms with Crippen LogP contribution >= 0.6 is 15.9 Å². The van der Waals surface area contributed by atoms with E-state index in [1.807, 2.05) is 0 Å². The zero-order chi connectivity index (χ0) is 12.8. The van der Waals surface area contributed by atoms with Crippen molar-refractivity contribution in [3.63, 3.8) is 0 Å². The molecule has 0 radical (unpaired) electrons. The summed E-state index contributed by atoms with van der Waals surface area (Å²) in [6.45, 7) is 2.28. The first-order valence-corrected chi connectivity index (χ1v) is 8.09. The summed E-state index contributed by atoms with van der Waals surface area (Å²) in [5, 5.41) is 0. The summed E-state index contributed by atoms with van der Waals surface area (Å²) in [6.07, 6.45) is 15.2. The van der Waals surface area contributed by atoms with Gasteiger partial charge in [-0.05, 0) is 42.0 Å². The summed E-state index contributed by atoms with van der Waals surface area (Å²) in [6, 6.07) is 4.52. The minimum absolute atomic E-state index is 1.10. The van der Waals surface area contributed by atoms with Gasteiger partial charge in [-0.25, -0.2) is 0 Å². The Bertz CT molecular complexity index is 418. The highest BCUT2D eigenvalue weighted by Crippen LogP contribution is 2.31. The van der Waals surface area contributed by atoms with Crippen molar-refractivity contribution >= 4 is 22.0 Å². The van der Waals surface area contributed by atoms with Gasteiger partial charge in [0.2, 0.25) is 0 Å². The number of rotatable bonds is 7. The molecule has 1 aromatic carbocycles. The van der Waals surface area contributed by atoms with Crippen molar-refractivity contribution in [1.82, 2.24) is 0 Å². The zero-order valence-corrected chi connectivity index (χ0v) is 12.9. The zero-order valence-electron chi connectivity index (χ0n) is 11.3. The fraction of sp³-hybridized carbons (Fsp3) is 0.529. The van der Waals surface area contributed by atoms with Crippen LogP contribution in [0.3, 0.4) is 0 Å². The van der Waals surface area contributed by atoms with E-state index in [2.05, 4.69) is 47.1 Å². The van der Waals surface area contributed by atoms with E-state index in [4.69, 9.17) is 0 Å². The molecule has 0 fully saturated rings. The van der Waals surface area contributed by atoms with Crippen LogP contribution in [0.4, 0.5) is 0 Å². The van der Waals surface area contributed by atoms with Gasteiger partial charge in [0.15, 0.2) is 0 Å². The molecule has 18 heavy (non-hydrogen) atoms. The van der Waals surface area contributed by atoms with Crippen LogP contribution in [0, 0.1) is 0 Å². The molecule has 0 saturated heterocycles. The first-order chi connectivity index (χ1) is 8.83. The largest absolute Gasteiger partial charge is 0.0795 e. The molecule has 2 rings (SSSR count). The van der Waals surface area contributed by atoms with E-state index in [0.717, 1.165) is 6.42 Å². The van der Waals surface area contributed by atoms with Crippen LogP contribution in [-0.2, 0) is 12.8 Å². The van der Waals surface area contributed by atoms with Crippen molar-refractivity contribution in [1.29, 1.82) is 0 Å². The standard InChI is InChI=1S/C17H23Br/c1-2-3-4-5-6-7-9-14-12-13-17(18)16-11-8-10-15(14)16/h8,10,12-13H,2-7,9,11H2,1H3. The maximum absolute atomic E-state index is 3.65. The van der Waals surface area contributed by atoms with E-state index in [0.29, 0.717) is 0 Å². The topological polar surface area (TPSA) is 0 Å². The number of unbranched alkanes of at least 4 members (excludes halogenated alkanes) is 5. The van der Waals surface area contributed by atoms with E-state index >= 15 is 0 Å². The van der Waals surface area contributed by atoms with E-state index in [1.54, 1.807) is 0 Å². The highest BCUT2D eigenvalue weighted by atomic mass is 79.9. The second kappa shape index (κ2) is 7.13. The monoisotopic (exact) mass is 306 g/mol. The Labute approximate surface area is 120 Å². The first kappa shape index (κ1) is 13.9. The highest BCUT2D eigenvalue weighted by Gasteiger charge is 2.12. The van der Waals surface area contributed by atoms with Crippen molar-refractivity contribution in [2.75, 3.05) is 0 Å². The summed E-state index contributed by atoms with van der Waals surface area (Å²) < 4.78 is 1.27. The van der Waals surface area contributed by atoms with Crippen molar-refractivity contribution in [2.24, 2.45) is 0 Å². The third-order valence-electron chi connectivity index (χ3n) is 3.80. The van der Waals surface area contributed by atoms with E-state index in [1.165, 1.54) is 66.1 Å². The van der Waals surface area contributed by atoms with E-state index < -0.39 is 0 Å². The van der Waals surface area contributed by atoms with Gasteiger partial charge in [-0.1, -0.05) is 73.2 Å². The third-order valence-corrected chi connectivity index (χ3v) is 4.54. The summed E-state index contributed by atoms with van der Waals surface area (Å²) >= 11 is 3.65. The highest BCUT2D eigenvalue weighted by molar-refractivity contribution is 9.10. The second-order valence-electron chi connectivity index (χ2n) is 5.22. The van der Waals surface area contributed by atoms with Crippen molar-refractivity contribution in [3.05, 3.63) is 39.4 Å². The predicted octanol–water partition coefficient (Wildman–Crippen LogP) is 5.92. The Balaban J connectivity index is 1.83.